The summed E-state index contributed by atoms with van der Waals surface area (Å²) in [4.78, 5) is 44.7. The molecule has 0 fully saturated rings. The van der Waals surface area contributed by atoms with Crippen LogP contribution in [-0.4, -0.2) is 57.5 Å². The van der Waals surface area contributed by atoms with Crippen molar-refractivity contribution in [1.29, 1.82) is 0 Å². The van der Waals surface area contributed by atoms with E-state index >= 15 is 0 Å². The summed E-state index contributed by atoms with van der Waals surface area (Å²) in [6.45, 7) is 0.318. The summed E-state index contributed by atoms with van der Waals surface area (Å²) < 4.78 is 5.87. The highest BCUT2D eigenvalue weighted by atomic mass is 16.5. The van der Waals surface area contributed by atoms with E-state index in [1.165, 1.54) is 29.0 Å². The first-order valence-electron chi connectivity index (χ1n) is 9.42. The van der Waals surface area contributed by atoms with Crippen LogP contribution in [0, 0.1) is 0 Å². The average molecular weight is 425 g/mol. The lowest BCUT2D eigenvalue weighted by Crippen LogP contribution is -2.30. The molecule has 0 spiro atoms. The van der Waals surface area contributed by atoms with Crippen LogP contribution in [0.2, 0.25) is 0 Å². The van der Waals surface area contributed by atoms with Crippen molar-refractivity contribution >= 4 is 17.6 Å². The fourth-order valence-corrected chi connectivity index (χ4v) is 3.10. The number of carbonyl (C=O) groups is 2. The van der Waals surface area contributed by atoms with Gasteiger partial charge in [-0.15, -0.1) is 0 Å². The normalized spacial score (nSPS) is 10.7. The summed E-state index contributed by atoms with van der Waals surface area (Å²) >= 11 is 0. The van der Waals surface area contributed by atoms with Gasteiger partial charge in [0.15, 0.2) is 11.5 Å². The number of aromatic hydroxyl groups is 1. The van der Waals surface area contributed by atoms with Crippen LogP contribution in [0.15, 0.2) is 46.0 Å². The third-order valence-electron chi connectivity index (χ3n) is 4.70. The molecule has 1 aromatic carbocycles. The maximum absolute atomic E-state index is 12.6. The zero-order chi connectivity index (χ0) is 22.7. The molecule has 0 aliphatic rings. The van der Waals surface area contributed by atoms with Gasteiger partial charge in [-0.3, -0.25) is 19.0 Å². The summed E-state index contributed by atoms with van der Waals surface area (Å²) in [5, 5.41) is 13.7. The molecule has 1 N–H and O–H groups in total. The van der Waals surface area contributed by atoms with Gasteiger partial charge in [0.05, 0.1) is 6.20 Å². The van der Waals surface area contributed by atoms with Crippen LogP contribution < -0.4 is 10.5 Å². The van der Waals surface area contributed by atoms with E-state index in [0.717, 1.165) is 5.56 Å². The first kappa shape index (κ1) is 21.8. The Morgan fingerprint density at radius 2 is 1.94 bits per heavy atom. The van der Waals surface area contributed by atoms with Gasteiger partial charge in [-0.2, -0.15) is 0 Å². The highest BCUT2D eigenvalue weighted by Crippen LogP contribution is 2.19. The molecule has 0 unspecified atom stereocenters. The van der Waals surface area contributed by atoms with E-state index in [1.807, 2.05) is 6.07 Å². The Morgan fingerprint density at radius 3 is 2.58 bits per heavy atom. The molecule has 1 amide bonds. The van der Waals surface area contributed by atoms with Crippen molar-refractivity contribution in [3.63, 3.8) is 0 Å². The smallest absolute Gasteiger partial charge is 0.297 e. The second-order valence-electron chi connectivity index (χ2n) is 7.36. The number of Topliss-reactive ketones (excluding diaryl/α,β-unsaturated/α-hetero) is 1. The molecule has 0 bridgehead atoms. The maximum Gasteiger partial charge on any atom is 0.297 e. The molecule has 0 saturated carbocycles. The lowest BCUT2D eigenvalue weighted by Gasteiger charge is -2.22. The van der Waals surface area contributed by atoms with Gasteiger partial charge in [-0.05, 0) is 17.7 Å². The Bertz CT molecular complexity index is 1170. The van der Waals surface area contributed by atoms with Crippen LogP contribution in [-0.2, 0) is 20.0 Å². The molecule has 31 heavy (non-hydrogen) atoms. The topological polar surface area (TPSA) is 122 Å². The molecule has 0 aliphatic heterocycles. The molecule has 10 nitrogen and oxygen atoms in total. The lowest BCUT2D eigenvalue weighted by molar-refractivity contribution is 0.0827. The summed E-state index contributed by atoms with van der Waals surface area (Å²) in [5.74, 6) is -1.17. The van der Waals surface area contributed by atoms with E-state index in [4.69, 9.17) is 4.52 Å². The first-order valence-corrected chi connectivity index (χ1v) is 9.42. The number of anilines is 1. The monoisotopic (exact) mass is 425 g/mol. The molecular formula is C21H23N5O5. The number of rotatable bonds is 7. The Kier molecular flexibility index (Phi) is 6.19. The number of nitrogens with zero attached hydrogens (tertiary/aromatic N) is 5. The van der Waals surface area contributed by atoms with Gasteiger partial charge in [0.25, 0.3) is 11.5 Å². The Morgan fingerprint density at radius 1 is 1.19 bits per heavy atom. The minimum Gasteiger partial charge on any atom is -0.501 e. The van der Waals surface area contributed by atoms with Crippen molar-refractivity contribution in [2.75, 3.05) is 26.0 Å². The number of benzene rings is 1. The predicted molar refractivity (Wildman–Crippen MR) is 112 cm³/mol. The van der Waals surface area contributed by atoms with Crippen molar-refractivity contribution in [2.24, 2.45) is 7.05 Å². The number of carbonyl (C=O) groups excluding carboxylic acids is 2. The number of amides is 1. The molecule has 0 saturated heterocycles. The predicted octanol–water partition coefficient (Wildman–Crippen LogP) is 1.24. The van der Waals surface area contributed by atoms with Gasteiger partial charge in [-0.25, -0.2) is 4.98 Å². The third-order valence-corrected chi connectivity index (χ3v) is 4.70. The Balaban J connectivity index is 1.91. The first-order chi connectivity index (χ1) is 14.7. The molecule has 2 aromatic heterocycles. The number of aromatic nitrogens is 3. The SMILES string of the molecule is CN(C)C(=O)c1cccc(CN(C)c2nc(C(=O)Cc3cnoc3)c(O)c(=O)n2C)c1. The molecule has 162 valence electrons. The fourth-order valence-electron chi connectivity index (χ4n) is 3.10. The van der Waals surface area contributed by atoms with Crippen molar-refractivity contribution in [2.45, 2.75) is 13.0 Å². The molecule has 10 heteroatoms. The van der Waals surface area contributed by atoms with Crippen LogP contribution in [0.25, 0.3) is 0 Å². The zero-order valence-corrected chi connectivity index (χ0v) is 17.7. The van der Waals surface area contributed by atoms with E-state index in [9.17, 15) is 19.5 Å². The minimum atomic E-state index is -0.734. The standard InChI is InChI=1S/C21H23N5O5/c1-24(2)19(29)15-7-5-6-13(8-15)11-25(3)21-23-17(18(28)20(30)26(21)4)16(27)9-14-10-22-31-12-14/h5-8,10,12,28H,9,11H2,1-4H3. The molecule has 3 aromatic rings. The summed E-state index contributed by atoms with van der Waals surface area (Å²) in [5.41, 5.74) is 0.803. The highest BCUT2D eigenvalue weighted by Gasteiger charge is 2.22. The van der Waals surface area contributed by atoms with Crippen LogP contribution in [0.4, 0.5) is 5.95 Å². The van der Waals surface area contributed by atoms with Crippen LogP contribution in [0.1, 0.15) is 32.0 Å². The van der Waals surface area contributed by atoms with Gasteiger partial charge in [0.2, 0.25) is 11.7 Å². The molecule has 0 atom stereocenters. The van der Waals surface area contributed by atoms with E-state index < -0.39 is 17.1 Å². The van der Waals surface area contributed by atoms with Crippen LogP contribution in [0.3, 0.4) is 0 Å². The van der Waals surface area contributed by atoms with Crippen molar-refractivity contribution in [3.05, 3.63) is 69.5 Å². The summed E-state index contributed by atoms with van der Waals surface area (Å²) in [6.07, 6.45) is 2.57. The molecule has 3 rings (SSSR count). The van der Waals surface area contributed by atoms with Crippen LogP contribution in [0.5, 0.6) is 5.75 Å². The number of hydrogen-bond donors (Lipinski definition) is 1. The number of ketones is 1. The molecule has 0 aliphatic carbocycles. The summed E-state index contributed by atoms with van der Waals surface area (Å²) in [7, 11) is 6.51. The maximum atomic E-state index is 12.6. The second kappa shape index (κ2) is 8.82. The third kappa shape index (κ3) is 4.63. The van der Waals surface area contributed by atoms with Crippen LogP contribution >= 0.6 is 0 Å². The Labute approximate surface area is 178 Å². The molecule has 0 radical (unpaired) electrons. The van der Waals surface area contributed by atoms with Gasteiger partial charge in [0, 0.05) is 52.3 Å². The second-order valence-corrected chi connectivity index (χ2v) is 7.36. The van der Waals surface area contributed by atoms with Crippen molar-refractivity contribution in [1.82, 2.24) is 19.6 Å². The van der Waals surface area contributed by atoms with E-state index in [1.54, 1.807) is 44.2 Å². The Hall–Kier alpha value is -3.95. The molecular weight excluding hydrogens is 402 g/mol. The largest absolute Gasteiger partial charge is 0.501 e. The summed E-state index contributed by atoms with van der Waals surface area (Å²) in [6, 6.07) is 7.10. The average Bonchev–Trinajstić information content (AvgIpc) is 3.24. The van der Waals surface area contributed by atoms with E-state index in [2.05, 4.69) is 10.1 Å². The van der Waals surface area contributed by atoms with Gasteiger partial charge >= 0.3 is 0 Å². The number of hydrogen-bond acceptors (Lipinski definition) is 8. The lowest BCUT2D eigenvalue weighted by atomic mass is 10.1. The highest BCUT2D eigenvalue weighted by molar-refractivity contribution is 5.98. The van der Waals surface area contributed by atoms with Gasteiger partial charge in [0.1, 0.15) is 6.26 Å². The van der Waals surface area contributed by atoms with Crippen molar-refractivity contribution < 1.29 is 19.2 Å². The van der Waals surface area contributed by atoms with E-state index in [0.29, 0.717) is 17.7 Å². The van der Waals surface area contributed by atoms with Gasteiger partial charge in [-0.1, -0.05) is 17.3 Å². The van der Waals surface area contributed by atoms with E-state index in [-0.39, 0.29) is 24.0 Å². The molecule has 2 heterocycles. The van der Waals surface area contributed by atoms with Crippen molar-refractivity contribution in [3.8, 4) is 5.75 Å². The minimum absolute atomic E-state index is 0.116. The van der Waals surface area contributed by atoms with Gasteiger partial charge < -0.3 is 19.4 Å². The zero-order valence-electron chi connectivity index (χ0n) is 17.7. The fraction of sp³-hybridized carbons (Fsp3) is 0.286. The quantitative estimate of drug-likeness (QED) is 0.561.